The van der Waals surface area contributed by atoms with Crippen molar-refractivity contribution in [3.63, 3.8) is 0 Å². The maximum Gasteiger partial charge on any atom is 0.257 e. The fourth-order valence-corrected chi connectivity index (χ4v) is 3.38. The molecule has 2 aromatic heterocycles. The summed E-state index contributed by atoms with van der Waals surface area (Å²) in [7, 11) is 3.47. The minimum Gasteiger partial charge on any atom is -0.497 e. The lowest BCUT2D eigenvalue weighted by atomic mass is 10.1. The number of halogens is 1. The summed E-state index contributed by atoms with van der Waals surface area (Å²) in [6.07, 6.45) is 5.42. The minimum atomic E-state index is -0.904. The zero-order valence-corrected chi connectivity index (χ0v) is 17.8. The van der Waals surface area contributed by atoms with Gasteiger partial charge in [-0.25, -0.2) is 4.39 Å². The first kappa shape index (κ1) is 21.2. The third-order valence-corrected chi connectivity index (χ3v) is 5.05. The molecule has 4 rings (SSSR count). The average Bonchev–Trinajstić information content (AvgIpc) is 3.25. The highest BCUT2D eigenvalue weighted by atomic mass is 19.1. The molecule has 0 unspecified atom stereocenters. The number of nitrogens with zero attached hydrogens (tertiary/aromatic N) is 3. The normalized spacial score (nSPS) is 10.7. The third kappa shape index (κ3) is 4.64. The summed E-state index contributed by atoms with van der Waals surface area (Å²) in [5, 5.41) is 7.63. The minimum absolute atomic E-state index is 0.200. The summed E-state index contributed by atoms with van der Waals surface area (Å²) in [6, 6.07) is 16.0. The van der Waals surface area contributed by atoms with Gasteiger partial charge in [0.2, 0.25) is 6.86 Å². The molecule has 2 heterocycles. The van der Waals surface area contributed by atoms with Crippen LogP contribution in [0, 0.1) is 0 Å². The second-order valence-corrected chi connectivity index (χ2v) is 7.16. The molecule has 0 aliphatic rings. The molecule has 0 aliphatic heterocycles. The Kier molecular flexibility index (Phi) is 6.21. The molecule has 0 radical (unpaired) electrons. The highest BCUT2D eigenvalue weighted by Crippen LogP contribution is 2.28. The third-order valence-electron chi connectivity index (χ3n) is 5.05. The standard InChI is InChI=1S/C24H23FN4O3/c1-28-14-18(13-27-28)22-15-29(19-5-9-21(10-6-19)32-16-25)24(30)11-23(22)26-12-17-3-7-20(31-2)8-4-17/h3-11,13-15,26H,12,16H2,1-2H3. The van der Waals surface area contributed by atoms with Gasteiger partial charge in [0.25, 0.3) is 5.56 Å². The second-order valence-electron chi connectivity index (χ2n) is 7.16. The number of methoxy groups -OCH3 is 1. The Balaban J connectivity index is 1.69. The molecule has 164 valence electrons. The van der Waals surface area contributed by atoms with Crippen molar-refractivity contribution in [3.8, 4) is 28.3 Å². The van der Waals surface area contributed by atoms with Crippen molar-refractivity contribution >= 4 is 5.69 Å². The fraction of sp³-hybridized carbons (Fsp3) is 0.167. The van der Waals surface area contributed by atoms with Crippen LogP contribution >= 0.6 is 0 Å². The van der Waals surface area contributed by atoms with Crippen molar-refractivity contribution in [2.75, 3.05) is 19.3 Å². The van der Waals surface area contributed by atoms with Gasteiger partial charge in [0.05, 0.1) is 13.3 Å². The van der Waals surface area contributed by atoms with Crippen molar-refractivity contribution in [2.45, 2.75) is 6.54 Å². The molecule has 0 atom stereocenters. The van der Waals surface area contributed by atoms with E-state index in [1.54, 1.807) is 59.1 Å². The lowest BCUT2D eigenvalue weighted by Crippen LogP contribution is -2.18. The zero-order chi connectivity index (χ0) is 22.5. The van der Waals surface area contributed by atoms with Gasteiger partial charge in [0, 0.05) is 54.6 Å². The molecular weight excluding hydrogens is 411 g/mol. The quantitative estimate of drug-likeness (QED) is 0.451. The van der Waals surface area contributed by atoms with Crippen LogP contribution < -0.4 is 20.3 Å². The van der Waals surface area contributed by atoms with Crippen LogP contribution in [-0.4, -0.2) is 28.3 Å². The molecule has 2 aromatic carbocycles. The maximum atomic E-state index is 12.9. The number of hydrogen-bond acceptors (Lipinski definition) is 5. The number of ether oxygens (including phenoxy) is 2. The van der Waals surface area contributed by atoms with Crippen molar-refractivity contribution < 1.29 is 13.9 Å². The first-order valence-electron chi connectivity index (χ1n) is 9.99. The van der Waals surface area contributed by atoms with Gasteiger partial charge in [-0.15, -0.1) is 0 Å². The molecule has 4 aromatic rings. The predicted octanol–water partition coefficient (Wildman–Crippen LogP) is 4.16. The highest BCUT2D eigenvalue weighted by Gasteiger charge is 2.12. The molecule has 0 spiro atoms. The van der Waals surface area contributed by atoms with E-state index in [9.17, 15) is 9.18 Å². The van der Waals surface area contributed by atoms with E-state index in [-0.39, 0.29) is 5.56 Å². The van der Waals surface area contributed by atoms with E-state index >= 15 is 0 Å². The lowest BCUT2D eigenvalue weighted by molar-refractivity contribution is 0.192. The Labute approximate surface area is 184 Å². The molecule has 0 bridgehead atoms. The molecule has 7 nitrogen and oxygen atoms in total. The van der Waals surface area contributed by atoms with Gasteiger partial charge >= 0.3 is 0 Å². The van der Waals surface area contributed by atoms with E-state index < -0.39 is 6.86 Å². The van der Waals surface area contributed by atoms with Gasteiger partial charge in [0.1, 0.15) is 11.5 Å². The molecule has 32 heavy (non-hydrogen) atoms. The lowest BCUT2D eigenvalue weighted by Gasteiger charge is -2.15. The number of rotatable bonds is 8. The number of aryl methyl sites for hydroxylation is 1. The second kappa shape index (κ2) is 9.38. The first-order chi connectivity index (χ1) is 15.6. The van der Waals surface area contributed by atoms with E-state index in [4.69, 9.17) is 9.47 Å². The van der Waals surface area contributed by atoms with E-state index in [1.165, 1.54) is 0 Å². The maximum absolute atomic E-state index is 12.9. The smallest absolute Gasteiger partial charge is 0.257 e. The number of anilines is 1. The Morgan fingerprint density at radius 3 is 2.38 bits per heavy atom. The van der Waals surface area contributed by atoms with Gasteiger partial charge in [-0.3, -0.25) is 14.0 Å². The largest absolute Gasteiger partial charge is 0.497 e. The number of pyridine rings is 1. The Morgan fingerprint density at radius 2 is 1.75 bits per heavy atom. The number of benzene rings is 2. The van der Waals surface area contributed by atoms with Crippen molar-refractivity contribution in [3.05, 3.63) is 89.1 Å². The van der Waals surface area contributed by atoms with Crippen molar-refractivity contribution in [2.24, 2.45) is 7.05 Å². The van der Waals surface area contributed by atoms with Crippen molar-refractivity contribution in [1.82, 2.24) is 14.3 Å². The summed E-state index contributed by atoms with van der Waals surface area (Å²) in [5.74, 6) is 1.19. The zero-order valence-electron chi connectivity index (χ0n) is 17.8. The van der Waals surface area contributed by atoms with Crippen LogP contribution in [0.25, 0.3) is 16.8 Å². The van der Waals surface area contributed by atoms with Crippen LogP contribution in [0.2, 0.25) is 0 Å². The number of hydrogen-bond donors (Lipinski definition) is 1. The molecule has 0 saturated heterocycles. The number of alkyl halides is 1. The molecule has 8 heteroatoms. The van der Waals surface area contributed by atoms with Crippen LogP contribution in [0.5, 0.6) is 11.5 Å². The SMILES string of the molecule is COc1ccc(CNc2cc(=O)n(-c3ccc(OCF)cc3)cc2-c2cnn(C)c2)cc1. The van der Waals surface area contributed by atoms with E-state index in [0.717, 1.165) is 22.4 Å². The molecule has 1 N–H and O–H groups in total. The van der Waals surface area contributed by atoms with E-state index in [0.29, 0.717) is 23.7 Å². The van der Waals surface area contributed by atoms with Crippen LogP contribution in [-0.2, 0) is 13.6 Å². The van der Waals surface area contributed by atoms with Gasteiger partial charge in [-0.1, -0.05) is 12.1 Å². The molecule has 0 amide bonds. The molecular formula is C24H23FN4O3. The summed E-state index contributed by atoms with van der Waals surface area (Å²) >= 11 is 0. The van der Waals surface area contributed by atoms with E-state index in [2.05, 4.69) is 10.4 Å². The molecule has 0 saturated carbocycles. The van der Waals surface area contributed by atoms with Crippen LogP contribution in [0.15, 0.2) is 78.0 Å². The first-order valence-corrected chi connectivity index (χ1v) is 9.99. The number of nitrogens with one attached hydrogen (secondary N) is 1. The summed E-state index contributed by atoms with van der Waals surface area (Å²) in [4.78, 5) is 12.9. The van der Waals surface area contributed by atoms with Crippen LogP contribution in [0.3, 0.4) is 0 Å². The monoisotopic (exact) mass is 434 g/mol. The Bertz CT molecular complexity index is 1250. The van der Waals surface area contributed by atoms with Gasteiger partial charge in [-0.05, 0) is 42.0 Å². The molecule has 0 fully saturated rings. The van der Waals surface area contributed by atoms with Gasteiger partial charge in [-0.2, -0.15) is 5.10 Å². The van der Waals surface area contributed by atoms with Crippen molar-refractivity contribution in [1.29, 1.82) is 0 Å². The summed E-state index contributed by atoms with van der Waals surface area (Å²) in [6.45, 7) is -0.366. The number of aromatic nitrogens is 3. The predicted molar refractivity (Wildman–Crippen MR) is 121 cm³/mol. The van der Waals surface area contributed by atoms with Gasteiger partial charge in [0.15, 0.2) is 0 Å². The van der Waals surface area contributed by atoms with Crippen LogP contribution in [0.1, 0.15) is 5.56 Å². The Hall–Kier alpha value is -4.07. The molecule has 0 aliphatic carbocycles. The average molecular weight is 434 g/mol. The topological polar surface area (TPSA) is 70.3 Å². The van der Waals surface area contributed by atoms with Gasteiger partial charge < -0.3 is 14.8 Å². The highest BCUT2D eigenvalue weighted by molar-refractivity contribution is 5.76. The summed E-state index contributed by atoms with van der Waals surface area (Å²) in [5.41, 5.74) is 3.90. The van der Waals surface area contributed by atoms with Crippen LogP contribution in [0.4, 0.5) is 10.1 Å². The Morgan fingerprint density at radius 1 is 1.03 bits per heavy atom. The summed E-state index contributed by atoms with van der Waals surface area (Å²) < 4.78 is 25.7. The van der Waals surface area contributed by atoms with E-state index in [1.807, 2.05) is 37.5 Å². The fourth-order valence-electron chi connectivity index (χ4n) is 3.38.